The molecule has 2 aromatic carbocycles. The Kier molecular flexibility index (Phi) is 5.05. The van der Waals surface area contributed by atoms with Crippen LogP contribution < -0.4 is 15.6 Å². The van der Waals surface area contributed by atoms with Crippen molar-refractivity contribution in [2.24, 2.45) is 5.92 Å². The van der Waals surface area contributed by atoms with Crippen LogP contribution in [0, 0.1) is 5.92 Å². The van der Waals surface area contributed by atoms with Crippen LogP contribution in [0.25, 0.3) is 28.1 Å². The number of nitrogens with one attached hydrogen (secondary N) is 2. The summed E-state index contributed by atoms with van der Waals surface area (Å²) in [5.74, 6) is 1.42. The van der Waals surface area contributed by atoms with Crippen LogP contribution in [0.4, 0.5) is 5.69 Å². The number of ether oxygens (including phenoxy) is 1. The summed E-state index contributed by atoms with van der Waals surface area (Å²) in [4.78, 5) is 34.1. The Morgan fingerprint density at radius 1 is 1.07 bits per heavy atom. The van der Waals surface area contributed by atoms with Crippen molar-refractivity contribution >= 4 is 23.2 Å². The van der Waals surface area contributed by atoms with E-state index in [0.29, 0.717) is 28.7 Å². The van der Waals surface area contributed by atoms with Crippen molar-refractivity contribution in [1.29, 1.82) is 0 Å². The number of rotatable bonds is 4. The highest BCUT2D eigenvalue weighted by Gasteiger charge is 2.55. The van der Waals surface area contributed by atoms with Gasteiger partial charge in [-0.3, -0.25) is 9.59 Å². The number of amides is 1. The van der Waals surface area contributed by atoms with Crippen molar-refractivity contribution in [3.8, 4) is 33.8 Å². The Bertz CT molecular complexity index is 1920. The number of aromatic amines is 1. The van der Waals surface area contributed by atoms with Crippen molar-refractivity contribution in [1.82, 2.24) is 34.7 Å². The Hall–Kier alpha value is -4.77. The number of carbonyl (C=O) groups excluding carboxylic acids is 1. The first kappa shape index (κ1) is 24.1. The van der Waals surface area contributed by atoms with E-state index in [4.69, 9.17) is 21.3 Å². The van der Waals surface area contributed by atoms with Crippen LogP contribution in [0.5, 0.6) is 5.75 Å². The minimum Gasteiger partial charge on any atom is -0.475 e. The van der Waals surface area contributed by atoms with Crippen LogP contribution in [0.2, 0.25) is 5.02 Å². The number of fused-ring (bicyclic) bond motifs is 2. The lowest BCUT2D eigenvalue weighted by atomic mass is 10.0. The summed E-state index contributed by atoms with van der Waals surface area (Å²) in [5.41, 5.74) is 4.67. The average molecular weight is 567 g/mol. The van der Waals surface area contributed by atoms with Crippen molar-refractivity contribution in [2.45, 2.75) is 37.8 Å². The molecular weight excluding hydrogens is 544 g/mol. The maximum absolute atomic E-state index is 13.6. The first-order chi connectivity index (χ1) is 19.9. The minimum absolute atomic E-state index is 0.0777. The molecule has 2 aliphatic heterocycles. The van der Waals surface area contributed by atoms with Crippen molar-refractivity contribution in [3.05, 3.63) is 87.9 Å². The molecule has 1 spiro atoms. The van der Waals surface area contributed by atoms with E-state index in [0.717, 1.165) is 46.6 Å². The van der Waals surface area contributed by atoms with E-state index in [-0.39, 0.29) is 23.4 Å². The summed E-state index contributed by atoms with van der Waals surface area (Å²) in [7, 11) is 0. The topological polar surface area (TPSA) is 133 Å². The van der Waals surface area contributed by atoms with Crippen LogP contribution in [-0.2, 0) is 11.2 Å². The number of nitrogens with zero attached hydrogens (tertiary/aromatic N) is 6. The molecule has 5 aromatic rings. The summed E-state index contributed by atoms with van der Waals surface area (Å²) in [6.07, 6.45) is 5.44. The number of benzene rings is 2. The second-order valence-corrected chi connectivity index (χ2v) is 11.4. The Balaban J connectivity index is 1.14. The second-order valence-electron chi connectivity index (χ2n) is 10.9. The molecule has 12 heteroatoms. The van der Waals surface area contributed by atoms with Gasteiger partial charge < -0.3 is 19.6 Å². The molecule has 5 heterocycles. The Labute approximate surface area is 238 Å². The Morgan fingerprint density at radius 3 is 2.76 bits per heavy atom. The number of imidazole rings is 1. The average Bonchev–Trinajstić information content (AvgIpc) is 3.32. The third kappa shape index (κ3) is 3.80. The molecule has 1 amide bonds. The summed E-state index contributed by atoms with van der Waals surface area (Å²) in [5, 5.41) is 15.0. The predicted molar refractivity (Wildman–Crippen MR) is 150 cm³/mol. The van der Waals surface area contributed by atoms with Crippen molar-refractivity contribution < 1.29 is 9.53 Å². The van der Waals surface area contributed by atoms with E-state index in [1.54, 1.807) is 23.0 Å². The first-order valence-corrected chi connectivity index (χ1v) is 13.7. The fraction of sp³-hybridized carbons (Fsp3) is 0.241. The van der Waals surface area contributed by atoms with E-state index in [9.17, 15) is 9.59 Å². The standard InChI is InChI=1S/C29H23ClN8O3/c1-15-8-19-9-17(20-12-18(30)3-5-23(20)37-14-32-35-36-37)11-25(39)38(19)26(15)27-31-13-22(33-27)16-2-4-21-24(10-16)41-29(6-7-29)28(40)34-21/h2-5,9-15,26H,6-8H2,1H3,(H,31,33)(H,34,40)/t15-,26-/m0/s1. The van der Waals surface area contributed by atoms with Crippen molar-refractivity contribution in [2.75, 3.05) is 5.32 Å². The number of anilines is 1. The maximum Gasteiger partial charge on any atom is 0.268 e. The smallest absolute Gasteiger partial charge is 0.268 e. The third-order valence-electron chi connectivity index (χ3n) is 8.20. The SMILES string of the molecule is C[C@H]1Cc2cc(-c3cc(Cl)ccc3-n3cnnn3)cc(=O)n2[C@@H]1c1ncc(-c2ccc3c(c2)OC2(CC2)C(=O)N3)[nH]1. The third-order valence-corrected chi connectivity index (χ3v) is 8.44. The number of hydrogen-bond acceptors (Lipinski definition) is 7. The molecule has 1 fully saturated rings. The molecule has 1 aliphatic carbocycles. The van der Waals surface area contributed by atoms with Gasteiger partial charge in [-0.15, -0.1) is 5.10 Å². The molecule has 11 nitrogen and oxygen atoms in total. The van der Waals surface area contributed by atoms with Gasteiger partial charge in [0.05, 0.1) is 29.3 Å². The number of pyridine rings is 1. The molecule has 8 rings (SSSR count). The highest BCUT2D eigenvalue weighted by Crippen LogP contribution is 2.47. The highest BCUT2D eigenvalue weighted by atomic mass is 35.5. The van der Waals surface area contributed by atoms with E-state index >= 15 is 0 Å². The number of H-pyrrole nitrogens is 1. The zero-order chi connectivity index (χ0) is 27.9. The summed E-state index contributed by atoms with van der Waals surface area (Å²) < 4.78 is 9.44. The van der Waals surface area contributed by atoms with Gasteiger partial charge in [-0.1, -0.05) is 24.6 Å². The number of tetrazole rings is 1. The minimum atomic E-state index is -0.716. The van der Waals surface area contributed by atoms with Crippen molar-refractivity contribution in [3.63, 3.8) is 0 Å². The van der Waals surface area contributed by atoms with Gasteiger partial charge in [-0.25, -0.2) is 4.98 Å². The van der Waals surface area contributed by atoms with Crippen LogP contribution in [0.15, 0.2) is 65.8 Å². The molecule has 3 aliphatic rings. The van der Waals surface area contributed by atoms with Gasteiger partial charge in [-0.2, -0.15) is 4.68 Å². The summed E-state index contributed by atoms with van der Waals surface area (Å²) in [6.45, 7) is 2.12. The van der Waals surface area contributed by atoms with E-state index in [1.165, 1.54) is 6.33 Å². The molecule has 0 bridgehead atoms. The molecule has 3 aromatic heterocycles. The molecule has 2 N–H and O–H groups in total. The lowest BCUT2D eigenvalue weighted by Crippen LogP contribution is -2.38. The second kappa shape index (κ2) is 8.61. The largest absolute Gasteiger partial charge is 0.475 e. The van der Waals surface area contributed by atoms with Gasteiger partial charge in [0.25, 0.3) is 11.5 Å². The molecule has 2 atom stereocenters. The van der Waals surface area contributed by atoms with E-state index < -0.39 is 5.60 Å². The maximum atomic E-state index is 13.6. The molecule has 0 saturated heterocycles. The fourth-order valence-corrected chi connectivity index (χ4v) is 6.18. The summed E-state index contributed by atoms with van der Waals surface area (Å²) >= 11 is 6.34. The zero-order valence-corrected chi connectivity index (χ0v) is 22.6. The molecule has 0 unspecified atom stereocenters. The van der Waals surface area contributed by atoms with Gasteiger partial charge in [0.15, 0.2) is 5.60 Å². The molecule has 1 saturated carbocycles. The molecule has 0 radical (unpaired) electrons. The molecule has 204 valence electrons. The number of aromatic nitrogens is 7. The van der Waals surface area contributed by atoms with Gasteiger partial charge in [-0.05, 0) is 64.7 Å². The fourth-order valence-electron chi connectivity index (χ4n) is 6.01. The van der Waals surface area contributed by atoms with Gasteiger partial charge >= 0.3 is 0 Å². The highest BCUT2D eigenvalue weighted by molar-refractivity contribution is 6.31. The first-order valence-electron chi connectivity index (χ1n) is 13.4. The number of hydrogen-bond donors (Lipinski definition) is 2. The quantitative estimate of drug-likeness (QED) is 0.333. The van der Waals surface area contributed by atoms with Crippen LogP contribution in [0.3, 0.4) is 0 Å². The lowest BCUT2D eigenvalue weighted by Gasteiger charge is -2.26. The number of halogens is 1. The normalized spacial score (nSPS) is 19.9. The van der Waals surface area contributed by atoms with Crippen LogP contribution in [-0.4, -0.2) is 46.3 Å². The molecular formula is C29H23ClN8O3. The van der Waals surface area contributed by atoms with E-state index in [2.05, 4.69) is 32.7 Å². The van der Waals surface area contributed by atoms with Gasteiger partial charge in [0.1, 0.15) is 17.9 Å². The van der Waals surface area contributed by atoms with Crippen LogP contribution >= 0.6 is 11.6 Å². The summed E-state index contributed by atoms with van der Waals surface area (Å²) in [6, 6.07) is 14.5. The monoisotopic (exact) mass is 566 g/mol. The zero-order valence-electron chi connectivity index (χ0n) is 21.8. The number of carbonyl (C=O) groups is 1. The van der Waals surface area contributed by atoms with E-state index in [1.807, 2.05) is 41.0 Å². The van der Waals surface area contributed by atoms with Gasteiger partial charge in [0.2, 0.25) is 0 Å². The predicted octanol–water partition coefficient (Wildman–Crippen LogP) is 4.18. The Morgan fingerprint density at radius 2 is 1.95 bits per heavy atom. The van der Waals surface area contributed by atoms with Crippen LogP contribution in [0.1, 0.15) is 37.3 Å². The molecule has 41 heavy (non-hydrogen) atoms. The lowest BCUT2D eigenvalue weighted by molar-refractivity contribution is -0.125. The van der Waals surface area contributed by atoms with Gasteiger partial charge in [0, 0.05) is 40.8 Å².